The van der Waals surface area contributed by atoms with Crippen molar-refractivity contribution >= 4 is 9.84 Å². The van der Waals surface area contributed by atoms with E-state index in [4.69, 9.17) is 4.52 Å². The summed E-state index contributed by atoms with van der Waals surface area (Å²) < 4.78 is 32.3. The van der Waals surface area contributed by atoms with E-state index in [2.05, 4.69) is 15.4 Å². The Bertz CT molecular complexity index is 776. The normalized spacial score (nSPS) is 15.0. The fraction of sp³-hybridized carbons (Fsp3) is 0.643. The zero-order valence-electron chi connectivity index (χ0n) is 12.9. The van der Waals surface area contributed by atoms with Gasteiger partial charge in [-0.15, -0.1) is 10.2 Å². The fourth-order valence-electron chi connectivity index (χ4n) is 2.88. The van der Waals surface area contributed by atoms with Crippen molar-refractivity contribution in [2.24, 2.45) is 0 Å². The van der Waals surface area contributed by atoms with Crippen LogP contribution < -0.4 is 0 Å². The first kappa shape index (κ1) is 15.2. The number of aryl methyl sites for hydroxylation is 2. The maximum atomic E-state index is 12.7. The SMILES string of the molecule is CCCn1c(C)nnc1S(=O)(=O)Cc1noc2c1CCCC2. The predicted octanol–water partition coefficient (Wildman–Crippen LogP) is 1.84. The first-order valence-corrected chi connectivity index (χ1v) is 9.27. The Morgan fingerprint density at radius 2 is 2.00 bits per heavy atom. The van der Waals surface area contributed by atoms with E-state index in [-0.39, 0.29) is 10.9 Å². The molecule has 0 fully saturated rings. The van der Waals surface area contributed by atoms with Crippen molar-refractivity contribution in [1.29, 1.82) is 0 Å². The van der Waals surface area contributed by atoms with Crippen LogP contribution in [0, 0.1) is 6.92 Å². The highest BCUT2D eigenvalue weighted by atomic mass is 32.2. The molecular weight excluding hydrogens is 304 g/mol. The van der Waals surface area contributed by atoms with Crippen molar-refractivity contribution in [3.05, 3.63) is 22.8 Å². The average Bonchev–Trinajstić information content (AvgIpc) is 3.05. The maximum Gasteiger partial charge on any atom is 0.250 e. The molecule has 1 aliphatic rings. The number of fused-ring (bicyclic) bond motifs is 1. The summed E-state index contributed by atoms with van der Waals surface area (Å²) in [4.78, 5) is 0. The first-order chi connectivity index (χ1) is 10.5. The summed E-state index contributed by atoms with van der Waals surface area (Å²) in [5, 5.41) is 11.8. The second kappa shape index (κ2) is 5.83. The quantitative estimate of drug-likeness (QED) is 0.833. The third-order valence-electron chi connectivity index (χ3n) is 3.99. The standard InChI is InChI=1S/C14H20N4O3S/c1-3-8-18-10(2)15-16-14(18)22(19,20)9-12-11-6-4-5-7-13(11)21-17-12/h3-9H2,1-2H3. The molecular formula is C14H20N4O3S. The summed E-state index contributed by atoms with van der Waals surface area (Å²) in [5.74, 6) is 1.28. The summed E-state index contributed by atoms with van der Waals surface area (Å²) in [6.07, 6.45) is 4.61. The zero-order valence-corrected chi connectivity index (χ0v) is 13.7. The Hall–Kier alpha value is -1.70. The van der Waals surface area contributed by atoms with E-state index < -0.39 is 9.84 Å². The molecule has 22 heavy (non-hydrogen) atoms. The van der Waals surface area contributed by atoms with Crippen LogP contribution in [0.1, 0.15) is 49.0 Å². The van der Waals surface area contributed by atoms with Gasteiger partial charge in [-0.25, -0.2) is 8.42 Å². The summed E-state index contributed by atoms with van der Waals surface area (Å²) in [5.41, 5.74) is 1.49. The Balaban J connectivity index is 1.93. The van der Waals surface area contributed by atoms with E-state index in [1.165, 1.54) is 0 Å². The molecule has 0 saturated heterocycles. The Morgan fingerprint density at radius 1 is 1.23 bits per heavy atom. The molecule has 0 N–H and O–H groups in total. The molecule has 3 rings (SSSR count). The zero-order chi connectivity index (χ0) is 15.7. The van der Waals surface area contributed by atoms with Crippen LogP contribution in [0.15, 0.2) is 9.68 Å². The van der Waals surface area contributed by atoms with Crippen LogP contribution in [0.25, 0.3) is 0 Å². The first-order valence-electron chi connectivity index (χ1n) is 7.61. The fourth-order valence-corrected chi connectivity index (χ4v) is 4.32. The molecule has 0 aromatic carbocycles. The van der Waals surface area contributed by atoms with Crippen LogP contribution in [0.3, 0.4) is 0 Å². The van der Waals surface area contributed by atoms with Crippen LogP contribution in [-0.4, -0.2) is 28.3 Å². The molecule has 8 heteroatoms. The smallest absolute Gasteiger partial charge is 0.250 e. The molecule has 7 nitrogen and oxygen atoms in total. The van der Waals surface area contributed by atoms with Crippen LogP contribution in [0.2, 0.25) is 0 Å². The van der Waals surface area contributed by atoms with Gasteiger partial charge < -0.3 is 9.09 Å². The molecule has 120 valence electrons. The number of rotatable bonds is 5. The minimum absolute atomic E-state index is 0.0272. The van der Waals surface area contributed by atoms with E-state index in [1.807, 2.05) is 6.92 Å². The van der Waals surface area contributed by atoms with Gasteiger partial charge in [0.25, 0.3) is 0 Å². The molecule has 0 unspecified atom stereocenters. The maximum absolute atomic E-state index is 12.7. The van der Waals surface area contributed by atoms with Gasteiger partial charge in [-0.3, -0.25) is 0 Å². The number of aromatic nitrogens is 4. The molecule has 0 atom stereocenters. The summed E-state index contributed by atoms with van der Waals surface area (Å²) in [6.45, 7) is 4.34. The Labute approximate surface area is 129 Å². The molecule has 0 radical (unpaired) electrons. The van der Waals surface area contributed by atoms with E-state index >= 15 is 0 Å². The van der Waals surface area contributed by atoms with Gasteiger partial charge in [-0.1, -0.05) is 12.1 Å². The van der Waals surface area contributed by atoms with Gasteiger partial charge in [-0.05, 0) is 32.6 Å². The summed E-state index contributed by atoms with van der Waals surface area (Å²) in [7, 11) is -3.58. The number of hydrogen-bond donors (Lipinski definition) is 0. The van der Waals surface area contributed by atoms with Crippen molar-refractivity contribution in [2.75, 3.05) is 0 Å². The highest BCUT2D eigenvalue weighted by Gasteiger charge is 2.28. The van der Waals surface area contributed by atoms with Gasteiger partial charge in [0.15, 0.2) is 0 Å². The summed E-state index contributed by atoms with van der Waals surface area (Å²) in [6, 6.07) is 0. The number of nitrogens with zero attached hydrogens (tertiary/aromatic N) is 4. The lowest BCUT2D eigenvalue weighted by atomic mass is 9.97. The van der Waals surface area contributed by atoms with Gasteiger partial charge in [0.1, 0.15) is 23.0 Å². The second-order valence-electron chi connectivity index (χ2n) is 5.68. The van der Waals surface area contributed by atoms with Crippen molar-refractivity contribution < 1.29 is 12.9 Å². The lowest BCUT2D eigenvalue weighted by Crippen LogP contribution is -2.15. The van der Waals surface area contributed by atoms with Gasteiger partial charge in [-0.2, -0.15) is 0 Å². The predicted molar refractivity (Wildman–Crippen MR) is 79.1 cm³/mol. The number of sulfone groups is 1. The van der Waals surface area contributed by atoms with Crippen LogP contribution in [-0.2, 0) is 35.0 Å². The van der Waals surface area contributed by atoms with Crippen molar-refractivity contribution in [1.82, 2.24) is 19.9 Å². The third-order valence-corrected chi connectivity index (χ3v) is 5.50. The van der Waals surface area contributed by atoms with Crippen molar-refractivity contribution in [2.45, 2.75) is 63.4 Å². The highest BCUT2D eigenvalue weighted by molar-refractivity contribution is 7.90. The van der Waals surface area contributed by atoms with Gasteiger partial charge in [0, 0.05) is 18.5 Å². The summed E-state index contributed by atoms with van der Waals surface area (Å²) >= 11 is 0. The third kappa shape index (κ3) is 2.67. The molecule has 2 heterocycles. The van der Waals surface area contributed by atoms with Crippen molar-refractivity contribution in [3.63, 3.8) is 0 Å². The van der Waals surface area contributed by atoms with E-state index in [1.54, 1.807) is 11.5 Å². The molecule has 1 aliphatic carbocycles. The Morgan fingerprint density at radius 3 is 2.77 bits per heavy atom. The van der Waals surface area contributed by atoms with E-state index in [0.29, 0.717) is 18.1 Å². The van der Waals surface area contributed by atoms with Crippen molar-refractivity contribution in [3.8, 4) is 0 Å². The lowest BCUT2D eigenvalue weighted by molar-refractivity contribution is 0.369. The molecule has 0 saturated carbocycles. The Kier molecular flexibility index (Phi) is 4.03. The number of hydrogen-bond acceptors (Lipinski definition) is 6. The molecule has 0 spiro atoms. The van der Waals surface area contributed by atoms with Crippen LogP contribution >= 0.6 is 0 Å². The minimum atomic E-state index is -3.58. The lowest BCUT2D eigenvalue weighted by Gasteiger charge is -2.10. The van der Waals surface area contributed by atoms with Gasteiger partial charge in [0.2, 0.25) is 15.0 Å². The van der Waals surface area contributed by atoms with Gasteiger partial charge >= 0.3 is 0 Å². The largest absolute Gasteiger partial charge is 0.361 e. The van der Waals surface area contributed by atoms with Gasteiger partial charge in [0.05, 0.1) is 0 Å². The average molecular weight is 324 g/mol. The van der Waals surface area contributed by atoms with Crippen LogP contribution in [0.5, 0.6) is 0 Å². The molecule has 0 aliphatic heterocycles. The second-order valence-corrected chi connectivity index (χ2v) is 7.56. The van der Waals surface area contributed by atoms with E-state index in [9.17, 15) is 8.42 Å². The minimum Gasteiger partial charge on any atom is -0.361 e. The molecule has 2 aromatic heterocycles. The molecule has 2 aromatic rings. The molecule has 0 amide bonds. The highest BCUT2D eigenvalue weighted by Crippen LogP contribution is 2.26. The monoisotopic (exact) mass is 324 g/mol. The molecule has 0 bridgehead atoms. The topological polar surface area (TPSA) is 90.9 Å². The van der Waals surface area contributed by atoms with Crippen LogP contribution in [0.4, 0.5) is 0 Å². The van der Waals surface area contributed by atoms with E-state index in [0.717, 1.165) is 43.4 Å².